The van der Waals surface area contributed by atoms with E-state index in [1.165, 1.54) is 12.0 Å². The van der Waals surface area contributed by atoms with Crippen LogP contribution in [-0.2, 0) is 35.2 Å². The number of ether oxygens (including phenoxy) is 3. The number of benzene rings is 1. The summed E-state index contributed by atoms with van der Waals surface area (Å²) in [5.41, 5.74) is 0.0191. The summed E-state index contributed by atoms with van der Waals surface area (Å²) in [5, 5.41) is 2.60. The van der Waals surface area contributed by atoms with Gasteiger partial charge in [0, 0.05) is 18.9 Å². The summed E-state index contributed by atoms with van der Waals surface area (Å²) in [6.07, 6.45) is -0.851. The number of methoxy groups -OCH3 is 1. The van der Waals surface area contributed by atoms with Gasteiger partial charge < -0.3 is 24.4 Å². The number of amides is 2. The van der Waals surface area contributed by atoms with Gasteiger partial charge in [-0.25, -0.2) is 9.59 Å². The van der Waals surface area contributed by atoms with Gasteiger partial charge in [-0.05, 0) is 44.1 Å². The first-order chi connectivity index (χ1) is 16.3. The van der Waals surface area contributed by atoms with E-state index >= 15 is 0 Å². The van der Waals surface area contributed by atoms with Crippen LogP contribution < -0.4 is 5.32 Å². The van der Waals surface area contributed by atoms with Crippen LogP contribution in [0.3, 0.4) is 0 Å². The summed E-state index contributed by atoms with van der Waals surface area (Å²) < 4.78 is 15.6. The van der Waals surface area contributed by atoms with E-state index < -0.39 is 41.6 Å². The molecule has 9 nitrogen and oxygen atoms in total. The van der Waals surface area contributed by atoms with Crippen LogP contribution in [0, 0.1) is 17.3 Å². The number of hydrogen-bond acceptors (Lipinski definition) is 7. The lowest BCUT2D eigenvalue weighted by molar-refractivity contribution is -0.154. The van der Waals surface area contributed by atoms with E-state index in [0.717, 1.165) is 5.56 Å². The fraction of sp³-hybridized carbons (Fsp3) is 0.615. The molecular formula is C26H36N2O7. The van der Waals surface area contributed by atoms with Gasteiger partial charge in [-0.2, -0.15) is 0 Å². The number of carbonyl (C=O) groups excluding carboxylic acids is 4. The van der Waals surface area contributed by atoms with Crippen LogP contribution in [0.2, 0.25) is 0 Å². The monoisotopic (exact) mass is 488 g/mol. The highest BCUT2D eigenvalue weighted by atomic mass is 16.6. The molecule has 1 N–H and O–H groups in total. The van der Waals surface area contributed by atoms with Gasteiger partial charge in [0.2, 0.25) is 5.91 Å². The molecule has 1 aliphatic carbocycles. The quantitative estimate of drug-likeness (QED) is 0.442. The summed E-state index contributed by atoms with van der Waals surface area (Å²) in [5.74, 6) is -1.24. The van der Waals surface area contributed by atoms with E-state index in [1.54, 1.807) is 20.8 Å². The van der Waals surface area contributed by atoms with E-state index in [2.05, 4.69) is 19.2 Å². The average Bonchev–Trinajstić information content (AvgIpc) is 3.11. The molecule has 0 aromatic heterocycles. The topological polar surface area (TPSA) is 111 Å². The molecule has 0 spiro atoms. The van der Waals surface area contributed by atoms with Crippen LogP contribution in [0.4, 0.5) is 4.79 Å². The van der Waals surface area contributed by atoms with E-state index in [-0.39, 0.29) is 36.7 Å². The Kier molecular flexibility index (Phi) is 7.77. The Balaban J connectivity index is 1.68. The minimum atomic E-state index is -1.05. The lowest BCUT2D eigenvalue weighted by Crippen LogP contribution is -2.54. The first kappa shape index (κ1) is 26.5. The van der Waals surface area contributed by atoms with Gasteiger partial charge in [-0.1, -0.05) is 44.2 Å². The number of fused-ring (bicyclic) bond motifs is 1. The number of hydrogen-bond donors (Lipinski definition) is 1. The van der Waals surface area contributed by atoms with Crippen molar-refractivity contribution in [2.75, 3.05) is 13.7 Å². The SMILES string of the molecule is COC(=O)[C@@H]1C2[C@H](CN1C(=O)[C@H](CCC(=O)OCc1ccccc1)NC(=O)OC(C)(C)C)C2(C)C. The van der Waals surface area contributed by atoms with Crippen molar-refractivity contribution < 1.29 is 33.4 Å². The molecular weight excluding hydrogens is 452 g/mol. The maximum Gasteiger partial charge on any atom is 0.408 e. The van der Waals surface area contributed by atoms with Crippen molar-refractivity contribution in [2.45, 2.75) is 71.8 Å². The van der Waals surface area contributed by atoms with Crippen LogP contribution in [0.25, 0.3) is 0 Å². The predicted octanol–water partition coefficient (Wildman–Crippen LogP) is 3.06. The molecule has 9 heteroatoms. The van der Waals surface area contributed by atoms with Crippen molar-refractivity contribution in [3.8, 4) is 0 Å². The van der Waals surface area contributed by atoms with Gasteiger partial charge >= 0.3 is 18.0 Å². The minimum absolute atomic E-state index is 0.00286. The fourth-order valence-electron chi connectivity index (χ4n) is 4.88. The van der Waals surface area contributed by atoms with E-state index in [1.807, 2.05) is 30.3 Å². The Morgan fingerprint density at radius 2 is 1.80 bits per heavy atom. The molecule has 2 aliphatic rings. The van der Waals surface area contributed by atoms with Crippen LogP contribution in [0.15, 0.2) is 30.3 Å². The number of piperidine rings is 1. The first-order valence-electron chi connectivity index (χ1n) is 11.9. The number of likely N-dealkylation sites (tertiary alicyclic amines) is 1. The second kappa shape index (κ2) is 10.3. The van der Waals surface area contributed by atoms with Crippen molar-refractivity contribution >= 4 is 23.9 Å². The first-order valence-corrected chi connectivity index (χ1v) is 11.9. The normalized spacial score (nSPS) is 23.0. The molecule has 4 atom stereocenters. The number of nitrogens with one attached hydrogen (secondary N) is 1. The van der Waals surface area contributed by atoms with Gasteiger partial charge in [-0.3, -0.25) is 9.59 Å². The zero-order valence-electron chi connectivity index (χ0n) is 21.3. The highest BCUT2D eigenvalue weighted by Crippen LogP contribution is 2.65. The molecule has 0 bridgehead atoms. The van der Waals surface area contributed by atoms with Gasteiger partial charge in [0.05, 0.1) is 7.11 Å². The van der Waals surface area contributed by atoms with Crippen molar-refractivity contribution in [3.05, 3.63) is 35.9 Å². The molecule has 35 heavy (non-hydrogen) atoms. The Morgan fingerprint density at radius 1 is 1.14 bits per heavy atom. The van der Waals surface area contributed by atoms with Crippen molar-refractivity contribution in [1.29, 1.82) is 0 Å². The highest BCUT2D eigenvalue weighted by molar-refractivity contribution is 5.91. The molecule has 1 saturated carbocycles. The summed E-state index contributed by atoms with van der Waals surface area (Å²) in [4.78, 5) is 52.4. The predicted molar refractivity (Wildman–Crippen MR) is 127 cm³/mol. The van der Waals surface area contributed by atoms with Crippen molar-refractivity contribution in [1.82, 2.24) is 10.2 Å². The van der Waals surface area contributed by atoms with Gasteiger partial charge in [0.25, 0.3) is 0 Å². The molecule has 1 unspecified atom stereocenters. The van der Waals surface area contributed by atoms with Crippen LogP contribution in [-0.4, -0.2) is 60.2 Å². The Bertz CT molecular complexity index is 954. The number of rotatable bonds is 8. The van der Waals surface area contributed by atoms with Gasteiger partial charge in [0.15, 0.2) is 0 Å². The zero-order valence-corrected chi connectivity index (χ0v) is 21.3. The van der Waals surface area contributed by atoms with E-state index in [0.29, 0.717) is 6.54 Å². The fourth-order valence-corrected chi connectivity index (χ4v) is 4.88. The maximum absolute atomic E-state index is 13.5. The molecule has 2 fully saturated rings. The van der Waals surface area contributed by atoms with Crippen molar-refractivity contribution in [2.24, 2.45) is 17.3 Å². The van der Waals surface area contributed by atoms with E-state index in [4.69, 9.17) is 14.2 Å². The van der Waals surface area contributed by atoms with Crippen LogP contribution in [0.5, 0.6) is 0 Å². The second-order valence-electron chi connectivity index (χ2n) is 10.8. The smallest absolute Gasteiger partial charge is 0.408 e. The summed E-state index contributed by atoms with van der Waals surface area (Å²) in [6.45, 7) is 9.79. The second-order valence-corrected chi connectivity index (χ2v) is 10.8. The Morgan fingerprint density at radius 3 is 2.40 bits per heavy atom. The number of nitrogens with zero attached hydrogens (tertiary/aromatic N) is 1. The number of esters is 2. The lowest BCUT2D eigenvalue weighted by atomic mass is 9.99. The molecule has 1 saturated heterocycles. The molecule has 1 aromatic carbocycles. The number of alkyl carbamates (subject to hydrolysis) is 1. The van der Waals surface area contributed by atoms with Gasteiger partial charge in [-0.15, -0.1) is 0 Å². The molecule has 3 rings (SSSR count). The van der Waals surface area contributed by atoms with Gasteiger partial charge in [0.1, 0.15) is 24.3 Å². The number of carbonyl (C=O) groups is 4. The summed E-state index contributed by atoms with van der Waals surface area (Å²) >= 11 is 0. The molecule has 1 heterocycles. The maximum atomic E-state index is 13.5. The third-order valence-electron chi connectivity index (χ3n) is 6.80. The zero-order chi connectivity index (χ0) is 26.0. The molecule has 192 valence electrons. The Labute approximate surface area is 206 Å². The molecule has 0 radical (unpaired) electrons. The molecule has 1 aliphatic heterocycles. The van der Waals surface area contributed by atoms with Crippen LogP contribution >= 0.6 is 0 Å². The van der Waals surface area contributed by atoms with Crippen LogP contribution in [0.1, 0.15) is 53.0 Å². The minimum Gasteiger partial charge on any atom is -0.467 e. The molecule has 2 amide bonds. The third-order valence-corrected chi connectivity index (χ3v) is 6.80. The highest BCUT2D eigenvalue weighted by Gasteiger charge is 2.70. The lowest BCUT2D eigenvalue weighted by Gasteiger charge is -2.32. The average molecular weight is 489 g/mol. The van der Waals surface area contributed by atoms with Crippen molar-refractivity contribution in [3.63, 3.8) is 0 Å². The third kappa shape index (κ3) is 6.32. The molecule has 1 aromatic rings. The summed E-state index contributed by atoms with van der Waals surface area (Å²) in [7, 11) is 1.30. The standard InChI is InChI=1S/C26H36N2O7/c1-25(2,3)35-24(32)27-18(12-13-19(29)34-15-16-10-8-7-9-11-16)22(30)28-14-17-20(26(17,4)5)21(28)23(31)33-6/h7-11,17-18,20-21H,12-15H2,1-6H3,(H,27,32)/t17-,18-,20?,21-/m0/s1. The van der Waals surface area contributed by atoms with E-state index in [9.17, 15) is 19.2 Å². The summed E-state index contributed by atoms with van der Waals surface area (Å²) in [6, 6.07) is 7.48. The largest absolute Gasteiger partial charge is 0.467 e. The Hall–Kier alpha value is -3.10.